The highest BCUT2D eigenvalue weighted by Gasteiger charge is 2.12. The quantitative estimate of drug-likeness (QED) is 0.782. The van der Waals surface area contributed by atoms with Crippen LogP contribution in [-0.4, -0.2) is 0 Å². The maximum atomic E-state index is 3.68. The van der Waals surface area contributed by atoms with Gasteiger partial charge in [0.05, 0.1) is 0 Å². The molecule has 2 aromatic rings. The van der Waals surface area contributed by atoms with Crippen LogP contribution in [-0.2, 0) is 0 Å². The van der Waals surface area contributed by atoms with Crippen molar-refractivity contribution in [3.05, 3.63) is 69.2 Å². The second-order valence-corrected chi connectivity index (χ2v) is 6.44. The van der Waals surface area contributed by atoms with Gasteiger partial charge in [-0.15, -0.1) is 0 Å². The van der Waals surface area contributed by atoms with Crippen LogP contribution in [0.5, 0.6) is 0 Å². The first-order valence-electron chi connectivity index (χ1n) is 7.06. The van der Waals surface area contributed by atoms with Crippen LogP contribution in [0, 0.1) is 13.8 Å². The summed E-state index contributed by atoms with van der Waals surface area (Å²) in [4.78, 5) is 0. The Bertz CT molecular complexity index is 574. The van der Waals surface area contributed by atoms with Crippen LogP contribution in [0.3, 0.4) is 0 Å². The molecule has 0 spiro atoms. The highest BCUT2D eigenvalue weighted by Crippen LogP contribution is 2.23. The Labute approximate surface area is 130 Å². The molecule has 0 aromatic heterocycles. The first-order chi connectivity index (χ1) is 9.47. The first-order valence-corrected chi connectivity index (χ1v) is 7.85. The van der Waals surface area contributed by atoms with Crippen LogP contribution in [0.25, 0.3) is 0 Å². The van der Waals surface area contributed by atoms with Gasteiger partial charge in [0, 0.05) is 16.6 Å². The summed E-state index contributed by atoms with van der Waals surface area (Å²) in [5.41, 5.74) is 5.36. The van der Waals surface area contributed by atoms with Crippen molar-refractivity contribution in [2.45, 2.75) is 39.8 Å². The van der Waals surface area contributed by atoms with E-state index in [1.807, 2.05) is 0 Å². The van der Waals surface area contributed by atoms with Crippen LogP contribution >= 0.6 is 15.9 Å². The Balaban J connectivity index is 2.10. The second kappa shape index (κ2) is 6.55. The predicted octanol–water partition coefficient (Wildman–Crippen LogP) is 5.48. The van der Waals surface area contributed by atoms with E-state index < -0.39 is 0 Å². The minimum absolute atomic E-state index is 0.332. The molecule has 2 rings (SSSR count). The molecule has 1 unspecified atom stereocenters. The molecule has 0 aliphatic rings. The van der Waals surface area contributed by atoms with Crippen molar-refractivity contribution in [1.82, 2.24) is 5.32 Å². The lowest BCUT2D eigenvalue weighted by Gasteiger charge is -2.22. The minimum atomic E-state index is 0.332. The molecular formula is C18H22BrN. The molecule has 0 saturated carbocycles. The van der Waals surface area contributed by atoms with E-state index in [0.29, 0.717) is 12.1 Å². The molecule has 0 bridgehead atoms. The van der Waals surface area contributed by atoms with Gasteiger partial charge in [0.2, 0.25) is 0 Å². The minimum Gasteiger partial charge on any atom is -0.304 e. The average Bonchev–Trinajstić information content (AvgIpc) is 2.39. The molecule has 0 aliphatic heterocycles. The van der Waals surface area contributed by atoms with E-state index in [-0.39, 0.29) is 0 Å². The Morgan fingerprint density at radius 2 is 1.55 bits per heavy atom. The molecule has 0 aliphatic carbocycles. The lowest BCUT2D eigenvalue weighted by atomic mass is 9.99. The summed E-state index contributed by atoms with van der Waals surface area (Å²) in [6, 6.07) is 15.9. The van der Waals surface area contributed by atoms with Gasteiger partial charge < -0.3 is 5.32 Å². The van der Waals surface area contributed by atoms with Gasteiger partial charge in [0.15, 0.2) is 0 Å². The molecule has 1 N–H and O–H groups in total. The van der Waals surface area contributed by atoms with Crippen LogP contribution in [0.1, 0.15) is 48.2 Å². The van der Waals surface area contributed by atoms with Gasteiger partial charge in [-0.25, -0.2) is 0 Å². The molecule has 0 fully saturated rings. The van der Waals surface area contributed by atoms with Gasteiger partial charge in [-0.1, -0.05) is 51.8 Å². The Hall–Kier alpha value is -1.12. The number of hydrogen-bond donors (Lipinski definition) is 1. The zero-order valence-electron chi connectivity index (χ0n) is 12.6. The lowest BCUT2D eigenvalue weighted by molar-refractivity contribution is 0.493. The van der Waals surface area contributed by atoms with Crippen molar-refractivity contribution in [3.8, 4) is 0 Å². The van der Waals surface area contributed by atoms with E-state index in [4.69, 9.17) is 0 Å². The van der Waals surface area contributed by atoms with Crippen molar-refractivity contribution >= 4 is 15.9 Å². The van der Waals surface area contributed by atoms with Crippen LogP contribution in [0.2, 0.25) is 0 Å². The van der Waals surface area contributed by atoms with E-state index in [1.165, 1.54) is 22.3 Å². The van der Waals surface area contributed by atoms with E-state index in [2.05, 4.69) is 91.4 Å². The molecule has 0 radical (unpaired) electrons. The third-order valence-electron chi connectivity index (χ3n) is 3.76. The monoisotopic (exact) mass is 331 g/mol. The highest BCUT2D eigenvalue weighted by atomic mass is 79.9. The molecule has 0 amide bonds. The van der Waals surface area contributed by atoms with Crippen LogP contribution < -0.4 is 5.32 Å². The summed E-state index contributed by atoms with van der Waals surface area (Å²) in [5, 5.41) is 3.68. The van der Waals surface area contributed by atoms with Crippen LogP contribution in [0.15, 0.2) is 46.9 Å². The topological polar surface area (TPSA) is 12.0 Å². The fraction of sp³-hybridized carbons (Fsp3) is 0.333. The molecule has 1 nitrogen and oxygen atoms in total. The molecule has 2 heteroatoms. The van der Waals surface area contributed by atoms with Gasteiger partial charge in [-0.05, 0) is 56.5 Å². The molecule has 2 atom stereocenters. The summed E-state index contributed by atoms with van der Waals surface area (Å²) in [6.07, 6.45) is 0. The Morgan fingerprint density at radius 3 is 2.15 bits per heavy atom. The zero-order valence-corrected chi connectivity index (χ0v) is 14.2. The molecule has 2 aromatic carbocycles. The van der Waals surface area contributed by atoms with Crippen LogP contribution in [0.4, 0.5) is 0 Å². The van der Waals surface area contributed by atoms with E-state index in [1.54, 1.807) is 0 Å². The fourth-order valence-corrected chi connectivity index (χ4v) is 2.89. The summed E-state index contributed by atoms with van der Waals surface area (Å²) in [5.74, 6) is 0. The third-order valence-corrected chi connectivity index (χ3v) is 4.29. The predicted molar refractivity (Wildman–Crippen MR) is 90.0 cm³/mol. The average molecular weight is 332 g/mol. The summed E-state index contributed by atoms with van der Waals surface area (Å²) < 4.78 is 1.12. The van der Waals surface area contributed by atoms with Gasteiger partial charge in [-0.2, -0.15) is 0 Å². The van der Waals surface area contributed by atoms with Gasteiger partial charge in [-0.3, -0.25) is 0 Å². The number of halogens is 1. The van der Waals surface area contributed by atoms with E-state index >= 15 is 0 Å². The molecular weight excluding hydrogens is 310 g/mol. The van der Waals surface area contributed by atoms with Gasteiger partial charge in [0.1, 0.15) is 0 Å². The third kappa shape index (κ3) is 3.71. The Morgan fingerprint density at radius 1 is 0.900 bits per heavy atom. The lowest BCUT2D eigenvalue weighted by Crippen LogP contribution is -2.23. The number of aryl methyl sites for hydroxylation is 2. The van der Waals surface area contributed by atoms with Crippen molar-refractivity contribution < 1.29 is 0 Å². The van der Waals surface area contributed by atoms with Gasteiger partial charge >= 0.3 is 0 Å². The first kappa shape index (κ1) is 15.3. The van der Waals surface area contributed by atoms with E-state index in [0.717, 1.165) is 4.47 Å². The van der Waals surface area contributed by atoms with E-state index in [9.17, 15) is 0 Å². The summed E-state index contributed by atoms with van der Waals surface area (Å²) in [6.45, 7) is 8.76. The SMILES string of the molecule is Cc1ccc(C(C)N[C@@H](C)c2ccc(Br)cc2)c(C)c1. The summed E-state index contributed by atoms with van der Waals surface area (Å²) >= 11 is 3.48. The fourth-order valence-electron chi connectivity index (χ4n) is 2.62. The number of hydrogen-bond acceptors (Lipinski definition) is 1. The van der Waals surface area contributed by atoms with Gasteiger partial charge in [0.25, 0.3) is 0 Å². The second-order valence-electron chi connectivity index (χ2n) is 5.52. The maximum Gasteiger partial charge on any atom is 0.0300 e. The van der Waals surface area contributed by atoms with Crippen molar-refractivity contribution in [3.63, 3.8) is 0 Å². The molecule has 20 heavy (non-hydrogen) atoms. The number of rotatable bonds is 4. The Kier molecular flexibility index (Phi) is 5.00. The van der Waals surface area contributed by atoms with Crippen molar-refractivity contribution in [2.75, 3.05) is 0 Å². The molecule has 0 saturated heterocycles. The number of nitrogens with one attached hydrogen (secondary N) is 1. The molecule has 106 valence electrons. The standard InChI is InChI=1S/C18H22BrN/c1-12-5-10-18(13(2)11-12)15(4)20-14(3)16-6-8-17(19)9-7-16/h5-11,14-15,20H,1-4H3/t14-,15?/m0/s1. The zero-order chi connectivity index (χ0) is 14.7. The number of benzene rings is 2. The largest absolute Gasteiger partial charge is 0.304 e. The molecule has 0 heterocycles. The highest BCUT2D eigenvalue weighted by molar-refractivity contribution is 9.10. The van der Waals surface area contributed by atoms with Crippen molar-refractivity contribution in [1.29, 1.82) is 0 Å². The smallest absolute Gasteiger partial charge is 0.0300 e. The van der Waals surface area contributed by atoms with Crippen molar-refractivity contribution in [2.24, 2.45) is 0 Å². The maximum absolute atomic E-state index is 3.68. The normalized spacial score (nSPS) is 14.1. The summed E-state index contributed by atoms with van der Waals surface area (Å²) in [7, 11) is 0.